The van der Waals surface area contributed by atoms with Crippen LogP contribution in [0.2, 0.25) is 0 Å². The third-order valence-electron chi connectivity index (χ3n) is 5.24. The lowest BCUT2D eigenvalue weighted by Crippen LogP contribution is -2.08. The molecule has 0 spiro atoms. The molecule has 0 bridgehead atoms. The van der Waals surface area contributed by atoms with Crippen LogP contribution in [0.5, 0.6) is 0 Å². The van der Waals surface area contributed by atoms with Gasteiger partial charge in [-0.3, -0.25) is 4.40 Å². The van der Waals surface area contributed by atoms with Crippen molar-refractivity contribution in [1.29, 1.82) is 0 Å². The minimum atomic E-state index is -0.911. The first-order chi connectivity index (χ1) is 13.6. The molecule has 0 aliphatic heterocycles. The summed E-state index contributed by atoms with van der Waals surface area (Å²) in [6, 6.07) is 6.94. The van der Waals surface area contributed by atoms with Gasteiger partial charge in [0.2, 0.25) is 0 Å². The molecule has 0 fully saturated rings. The molecule has 0 radical (unpaired) electrons. The van der Waals surface area contributed by atoms with E-state index in [9.17, 15) is 4.79 Å². The number of carboxylic acid groups (broad SMARTS) is 1. The molecule has 3 heterocycles. The second-order valence-electron chi connectivity index (χ2n) is 7.24. The average Bonchev–Trinajstić information content (AvgIpc) is 3.26. The average molecular weight is 411 g/mol. The highest BCUT2D eigenvalue weighted by Crippen LogP contribution is 2.39. The zero-order chi connectivity index (χ0) is 19.3. The topological polar surface area (TPSA) is 80.4 Å². The van der Waals surface area contributed by atoms with Gasteiger partial charge in [-0.25, -0.2) is 9.78 Å². The molecule has 0 amide bonds. The summed E-state index contributed by atoms with van der Waals surface area (Å²) in [7, 11) is 0. The molecule has 3 aromatic heterocycles. The zero-order valence-electron chi connectivity index (χ0n) is 15.3. The highest BCUT2D eigenvalue weighted by molar-refractivity contribution is 7.98. The van der Waals surface area contributed by atoms with Crippen LogP contribution in [0.4, 0.5) is 0 Å². The van der Waals surface area contributed by atoms with Gasteiger partial charge in [-0.1, -0.05) is 30.8 Å². The maximum Gasteiger partial charge on any atom is 0.335 e. The minimum Gasteiger partial charge on any atom is -0.478 e. The number of aromatic carboxylic acids is 1. The molecule has 6 nitrogen and oxygen atoms in total. The number of aromatic nitrogens is 4. The molecule has 4 aromatic rings. The van der Waals surface area contributed by atoms with Crippen LogP contribution in [0.1, 0.15) is 39.7 Å². The summed E-state index contributed by atoms with van der Waals surface area (Å²) in [6.45, 7) is 2.31. The number of carbonyl (C=O) groups is 1. The van der Waals surface area contributed by atoms with Crippen LogP contribution in [0, 0.1) is 5.92 Å². The van der Waals surface area contributed by atoms with Crippen molar-refractivity contribution in [2.24, 2.45) is 5.92 Å². The molecule has 0 saturated carbocycles. The molecule has 1 N–H and O–H groups in total. The summed E-state index contributed by atoms with van der Waals surface area (Å²) in [4.78, 5) is 18.2. The number of carboxylic acids is 1. The van der Waals surface area contributed by atoms with E-state index < -0.39 is 5.97 Å². The Hall–Kier alpha value is -2.45. The van der Waals surface area contributed by atoms with Crippen molar-refractivity contribution in [3.63, 3.8) is 0 Å². The van der Waals surface area contributed by atoms with E-state index in [1.165, 1.54) is 22.2 Å². The monoisotopic (exact) mass is 410 g/mol. The summed E-state index contributed by atoms with van der Waals surface area (Å²) in [5.74, 6) is 0.511. The van der Waals surface area contributed by atoms with Gasteiger partial charge in [-0.05, 0) is 48.4 Å². The van der Waals surface area contributed by atoms with E-state index >= 15 is 0 Å². The number of hydrogen-bond acceptors (Lipinski definition) is 6. The highest BCUT2D eigenvalue weighted by Gasteiger charge is 2.23. The second kappa shape index (κ2) is 6.86. The molecule has 1 atom stereocenters. The van der Waals surface area contributed by atoms with Crippen molar-refractivity contribution < 1.29 is 9.90 Å². The van der Waals surface area contributed by atoms with Gasteiger partial charge < -0.3 is 5.11 Å². The number of thioether (sulfide) groups is 1. The normalized spacial score (nSPS) is 16.5. The van der Waals surface area contributed by atoms with Gasteiger partial charge in [-0.2, -0.15) is 0 Å². The molecular formula is C20H18N4O2S2. The fourth-order valence-electron chi connectivity index (χ4n) is 3.71. The third-order valence-corrected chi connectivity index (χ3v) is 7.42. The van der Waals surface area contributed by atoms with Crippen molar-refractivity contribution in [3.05, 3.63) is 52.2 Å². The van der Waals surface area contributed by atoms with Crippen LogP contribution in [0.15, 0.2) is 35.7 Å². The minimum absolute atomic E-state index is 0.296. The van der Waals surface area contributed by atoms with E-state index in [0.29, 0.717) is 11.3 Å². The van der Waals surface area contributed by atoms with Gasteiger partial charge >= 0.3 is 5.97 Å². The van der Waals surface area contributed by atoms with E-state index in [1.54, 1.807) is 35.2 Å². The number of benzene rings is 1. The lowest BCUT2D eigenvalue weighted by Gasteiger charge is -2.17. The maximum absolute atomic E-state index is 11.0. The van der Waals surface area contributed by atoms with Crippen molar-refractivity contribution in [3.8, 4) is 0 Å². The van der Waals surface area contributed by atoms with Crippen LogP contribution < -0.4 is 0 Å². The fraction of sp³-hybridized carbons (Fsp3) is 0.300. The van der Waals surface area contributed by atoms with Gasteiger partial charge in [0.15, 0.2) is 10.8 Å². The Morgan fingerprint density at radius 2 is 2.14 bits per heavy atom. The summed E-state index contributed by atoms with van der Waals surface area (Å²) < 4.78 is 1.98. The number of rotatable bonds is 4. The number of hydrogen-bond donors (Lipinski definition) is 1. The SMILES string of the molecule is CC1CCc2c(sc3ncn4c(SCc5ccc(C(=O)O)cc5)nnc4c23)C1. The third kappa shape index (κ3) is 2.97. The summed E-state index contributed by atoms with van der Waals surface area (Å²) in [6.07, 6.45) is 5.24. The molecule has 0 saturated heterocycles. The van der Waals surface area contributed by atoms with E-state index in [0.717, 1.165) is 40.0 Å². The highest BCUT2D eigenvalue weighted by atomic mass is 32.2. The predicted octanol–water partition coefficient (Wildman–Crippen LogP) is 4.45. The van der Waals surface area contributed by atoms with Gasteiger partial charge in [-0.15, -0.1) is 21.5 Å². The van der Waals surface area contributed by atoms with Gasteiger partial charge in [0.05, 0.1) is 10.9 Å². The Balaban J connectivity index is 1.46. The number of thiophene rings is 1. The molecular weight excluding hydrogens is 392 g/mol. The molecule has 1 aliphatic carbocycles. The maximum atomic E-state index is 11.0. The molecule has 1 aromatic carbocycles. The largest absolute Gasteiger partial charge is 0.478 e. The van der Waals surface area contributed by atoms with E-state index in [2.05, 4.69) is 22.1 Å². The Labute approximate surface area is 169 Å². The van der Waals surface area contributed by atoms with Crippen LogP contribution in [-0.4, -0.2) is 30.7 Å². The predicted molar refractivity (Wildman–Crippen MR) is 110 cm³/mol. The first-order valence-corrected chi connectivity index (χ1v) is 11.0. The van der Waals surface area contributed by atoms with Gasteiger partial charge in [0.1, 0.15) is 11.2 Å². The Kier molecular flexibility index (Phi) is 4.32. The first kappa shape index (κ1) is 17.6. The van der Waals surface area contributed by atoms with Crippen molar-refractivity contribution in [1.82, 2.24) is 19.6 Å². The number of aryl methyl sites for hydroxylation is 1. The number of fused-ring (bicyclic) bond motifs is 5. The molecule has 1 aliphatic rings. The van der Waals surface area contributed by atoms with Crippen LogP contribution >= 0.6 is 23.1 Å². The van der Waals surface area contributed by atoms with E-state index in [-0.39, 0.29) is 0 Å². The molecule has 8 heteroatoms. The quantitative estimate of drug-likeness (QED) is 0.501. The lowest BCUT2D eigenvalue weighted by molar-refractivity contribution is 0.0697. The summed E-state index contributed by atoms with van der Waals surface area (Å²) in [5.41, 5.74) is 3.64. The van der Waals surface area contributed by atoms with Gasteiger partial charge in [0.25, 0.3) is 0 Å². The molecule has 5 rings (SSSR count). The van der Waals surface area contributed by atoms with Crippen molar-refractivity contribution >= 4 is 44.9 Å². The summed E-state index contributed by atoms with van der Waals surface area (Å²) in [5, 5.41) is 19.8. The van der Waals surface area contributed by atoms with Gasteiger partial charge in [0, 0.05) is 10.6 Å². The molecule has 28 heavy (non-hydrogen) atoms. The van der Waals surface area contributed by atoms with Crippen LogP contribution in [0.3, 0.4) is 0 Å². The van der Waals surface area contributed by atoms with Crippen LogP contribution in [-0.2, 0) is 18.6 Å². The number of nitrogens with zero attached hydrogens (tertiary/aromatic N) is 4. The second-order valence-corrected chi connectivity index (χ2v) is 9.27. The lowest BCUT2D eigenvalue weighted by atomic mass is 9.89. The summed E-state index contributed by atoms with van der Waals surface area (Å²) >= 11 is 3.37. The van der Waals surface area contributed by atoms with Crippen molar-refractivity contribution in [2.45, 2.75) is 37.1 Å². The van der Waals surface area contributed by atoms with Crippen LogP contribution in [0.25, 0.3) is 15.9 Å². The zero-order valence-corrected chi connectivity index (χ0v) is 16.9. The smallest absolute Gasteiger partial charge is 0.335 e. The first-order valence-electron chi connectivity index (χ1n) is 9.19. The Bertz CT molecular complexity index is 1200. The fourth-order valence-corrected chi connectivity index (χ4v) is 5.91. The van der Waals surface area contributed by atoms with E-state index in [4.69, 9.17) is 5.11 Å². The van der Waals surface area contributed by atoms with E-state index in [1.807, 2.05) is 22.9 Å². The Morgan fingerprint density at radius 1 is 1.32 bits per heavy atom. The van der Waals surface area contributed by atoms with Crippen molar-refractivity contribution in [2.75, 3.05) is 0 Å². The standard InChI is InChI=1S/C20H18N4O2S2/c1-11-2-7-14-15(8-11)28-18-16(14)17-22-23-20(24(17)10-21-18)27-9-12-3-5-13(6-4-12)19(25)26/h3-6,10-11H,2,7-9H2,1H3,(H,25,26). The Morgan fingerprint density at radius 3 is 2.93 bits per heavy atom. The molecule has 142 valence electrons. The molecule has 1 unspecified atom stereocenters.